The van der Waals surface area contributed by atoms with Crippen LogP contribution >= 0.6 is 0 Å². The van der Waals surface area contributed by atoms with Gasteiger partial charge in [-0.1, -0.05) is 36.4 Å². The van der Waals surface area contributed by atoms with Crippen molar-refractivity contribution < 1.29 is 19.1 Å². The van der Waals surface area contributed by atoms with Gasteiger partial charge in [-0.15, -0.1) is 0 Å². The summed E-state index contributed by atoms with van der Waals surface area (Å²) >= 11 is 0. The Bertz CT molecular complexity index is 923. The Kier molecular flexibility index (Phi) is 7.28. The van der Waals surface area contributed by atoms with Crippen LogP contribution in [0.3, 0.4) is 0 Å². The lowest BCUT2D eigenvalue weighted by Crippen LogP contribution is -2.26. The molecule has 0 fully saturated rings. The Labute approximate surface area is 178 Å². The Hall–Kier alpha value is -3.08. The van der Waals surface area contributed by atoms with E-state index in [9.17, 15) is 9.59 Å². The van der Waals surface area contributed by atoms with Crippen molar-refractivity contribution >= 4 is 18.0 Å². The van der Waals surface area contributed by atoms with Crippen LogP contribution in [0.15, 0.2) is 65.4 Å². The predicted octanol–water partition coefficient (Wildman–Crippen LogP) is 4.81. The first-order valence-electron chi connectivity index (χ1n) is 10.4. The van der Waals surface area contributed by atoms with Crippen LogP contribution < -0.4 is 4.74 Å². The molecular formula is C25H29NO4. The molecule has 0 unspecified atom stereocenters. The first-order chi connectivity index (χ1) is 14.5. The second-order valence-corrected chi connectivity index (χ2v) is 7.50. The van der Waals surface area contributed by atoms with Crippen LogP contribution in [-0.4, -0.2) is 37.0 Å². The van der Waals surface area contributed by atoms with E-state index < -0.39 is 5.97 Å². The molecule has 0 saturated carbocycles. The van der Waals surface area contributed by atoms with E-state index in [1.54, 1.807) is 17.1 Å². The van der Waals surface area contributed by atoms with Gasteiger partial charge in [0.05, 0.1) is 18.3 Å². The molecule has 0 spiro atoms. The molecule has 5 nitrogen and oxygen atoms in total. The standard InChI is InChI=1S/C25H29NO4/c1-4-15-30-21-12-8-11-20(16-21)17-22-23(25(28)29-3)18(2)26(24(22)27)14-13-19-9-6-5-7-10-19/h4,8-9,11-12,16-17H,1,5-7,10,13-15H2,2-3H3/b22-17-. The summed E-state index contributed by atoms with van der Waals surface area (Å²) in [5, 5.41) is 0. The molecule has 2 aliphatic rings. The third kappa shape index (κ3) is 4.90. The van der Waals surface area contributed by atoms with Crippen molar-refractivity contribution in [2.24, 2.45) is 0 Å². The lowest BCUT2D eigenvalue weighted by molar-refractivity contribution is -0.136. The van der Waals surface area contributed by atoms with E-state index in [0.717, 1.165) is 24.8 Å². The summed E-state index contributed by atoms with van der Waals surface area (Å²) in [6, 6.07) is 7.41. The zero-order valence-corrected chi connectivity index (χ0v) is 17.8. The van der Waals surface area contributed by atoms with E-state index in [1.807, 2.05) is 31.2 Å². The molecule has 3 rings (SSSR count). The molecule has 5 heteroatoms. The van der Waals surface area contributed by atoms with Crippen molar-refractivity contribution in [3.8, 4) is 5.75 Å². The van der Waals surface area contributed by atoms with Gasteiger partial charge in [0.1, 0.15) is 12.4 Å². The minimum absolute atomic E-state index is 0.165. The number of hydrogen-bond donors (Lipinski definition) is 0. The van der Waals surface area contributed by atoms with Crippen LogP contribution in [-0.2, 0) is 14.3 Å². The van der Waals surface area contributed by atoms with Gasteiger partial charge in [0.2, 0.25) is 0 Å². The lowest BCUT2D eigenvalue weighted by Gasteiger charge is -2.20. The first kappa shape index (κ1) is 21.6. The van der Waals surface area contributed by atoms with Gasteiger partial charge in [0.25, 0.3) is 5.91 Å². The maximum Gasteiger partial charge on any atom is 0.340 e. The molecule has 0 saturated heterocycles. The molecule has 1 aromatic carbocycles. The number of hydrogen-bond acceptors (Lipinski definition) is 4. The van der Waals surface area contributed by atoms with Crippen molar-refractivity contribution in [1.82, 2.24) is 4.90 Å². The first-order valence-corrected chi connectivity index (χ1v) is 10.4. The SMILES string of the molecule is C=CCOc1cccc(/C=C2\C(=O)N(CCC3=CCCCC3)C(C)=C2C(=O)OC)c1. The molecule has 158 valence electrons. The minimum atomic E-state index is -0.495. The van der Waals surface area contributed by atoms with E-state index in [4.69, 9.17) is 9.47 Å². The number of amides is 1. The van der Waals surface area contributed by atoms with E-state index in [2.05, 4.69) is 12.7 Å². The summed E-state index contributed by atoms with van der Waals surface area (Å²) in [7, 11) is 1.34. The highest BCUT2D eigenvalue weighted by Gasteiger charge is 2.36. The third-order valence-corrected chi connectivity index (χ3v) is 5.48. The monoisotopic (exact) mass is 407 g/mol. The van der Waals surface area contributed by atoms with Gasteiger partial charge < -0.3 is 14.4 Å². The summed E-state index contributed by atoms with van der Waals surface area (Å²) in [4.78, 5) is 27.4. The number of carbonyl (C=O) groups is 2. The number of nitrogens with zero attached hydrogens (tertiary/aromatic N) is 1. The van der Waals surface area contributed by atoms with E-state index in [0.29, 0.717) is 35.7 Å². The Morgan fingerprint density at radius 2 is 2.13 bits per heavy atom. The van der Waals surface area contributed by atoms with Crippen LogP contribution in [0, 0.1) is 0 Å². The van der Waals surface area contributed by atoms with E-state index in [1.165, 1.54) is 25.5 Å². The molecule has 1 aliphatic heterocycles. The van der Waals surface area contributed by atoms with Gasteiger partial charge in [-0.2, -0.15) is 0 Å². The summed E-state index contributed by atoms with van der Waals surface area (Å²) in [6.45, 7) is 6.42. The molecule has 0 bridgehead atoms. The molecule has 1 aromatic rings. The molecule has 1 amide bonds. The van der Waals surface area contributed by atoms with E-state index >= 15 is 0 Å². The fourth-order valence-electron chi connectivity index (χ4n) is 3.90. The summed E-state index contributed by atoms with van der Waals surface area (Å²) in [5.74, 6) is 0.0170. The number of carbonyl (C=O) groups excluding carboxylic acids is 2. The zero-order chi connectivity index (χ0) is 21.5. The van der Waals surface area contributed by atoms with Gasteiger partial charge in [0, 0.05) is 12.2 Å². The average molecular weight is 408 g/mol. The van der Waals surface area contributed by atoms with Crippen LogP contribution in [0.5, 0.6) is 5.75 Å². The Morgan fingerprint density at radius 3 is 2.83 bits per heavy atom. The van der Waals surface area contributed by atoms with Crippen molar-refractivity contribution in [2.45, 2.75) is 39.0 Å². The number of allylic oxidation sites excluding steroid dienone is 2. The van der Waals surface area contributed by atoms with Crippen LogP contribution in [0.1, 0.15) is 44.6 Å². The fraction of sp³-hybridized carbons (Fsp3) is 0.360. The van der Waals surface area contributed by atoms with Gasteiger partial charge in [-0.3, -0.25) is 4.79 Å². The molecule has 0 radical (unpaired) electrons. The smallest absolute Gasteiger partial charge is 0.340 e. The maximum absolute atomic E-state index is 13.2. The van der Waals surface area contributed by atoms with Gasteiger partial charge in [-0.05, 0) is 62.8 Å². The summed E-state index contributed by atoms with van der Waals surface area (Å²) in [6.07, 6.45) is 11.2. The number of ether oxygens (including phenoxy) is 2. The van der Waals surface area contributed by atoms with Gasteiger partial charge in [-0.25, -0.2) is 4.79 Å². The van der Waals surface area contributed by atoms with Crippen LogP contribution in [0.2, 0.25) is 0 Å². The Balaban J connectivity index is 1.88. The van der Waals surface area contributed by atoms with Gasteiger partial charge in [0.15, 0.2) is 0 Å². The molecule has 0 atom stereocenters. The lowest BCUT2D eigenvalue weighted by atomic mass is 9.97. The second kappa shape index (κ2) is 10.1. The topological polar surface area (TPSA) is 55.8 Å². The molecule has 1 aliphatic carbocycles. The highest BCUT2D eigenvalue weighted by molar-refractivity contribution is 6.16. The van der Waals surface area contributed by atoms with Crippen LogP contribution in [0.4, 0.5) is 0 Å². The van der Waals surface area contributed by atoms with Crippen molar-refractivity contribution in [2.75, 3.05) is 20.3 Å². The van der Waals surface area contributed by atoms with Crippen LogP contribution in [0.25, 0.3) is 6.08 Å². The molecular weight excluding hydrogens is 378 g/mol. The normalized spacial score (nSPS) is 17.9. The van der Waals surface area contributed by atoms with Crippen molar-refractivity contribution in [3.63, 3.8) is 0 Å². The minimum Gasteiger partial charge on any atom is -0.490 e. The number of benzene rings is 1. The van der Waals surface area contributed by atoms with Crippen molar-refractivity contribution in [1.29, 1.82) is 0 Å². The Morgan fingerprint density at radius 1 is 1.30 bits per heavy atom. The molecule has 0 aromatic heterocycles. The summed E-state index contributed by atoms with van der Waals surface area (Å²) in [5.41, 5.74) is 3.51. The molecule has 1 heterocycles. The zero-order valence-electron chi connectivity index (χ0n) is 17.8. The van der Waals surface area contributed by atoms with Crippen molar-refractivity contribution in [3.05, 3.63) is 71.0 Å². The summed E-state index contributed by atoms with van der Waals surface area (Å²) < 4.78 is 10.6. The second-order valence-electron chi connectivity index (χ2n) is 7.50. The van der Waals surface area contributed by atoms with Gasteiger partial charge >= 0.3 is 5.97 Å². The van der Waals surface area contributed by atoms with E-state index in [-0.39, 0.29) is 5.91 Å². The predicted molar refractivity (Wildman–Crippen MR) is 118 cm³/mol. The average Bonchev–Trinajstić information content (AvgIpc) is 3.00. The largest absolute Gasteiger partial charge is 0.490 e. The quantitative estimate of drug-likeness (QED) is 0.352. The number of methoxy groups -OCH3 is 1. The maximum atomic E-state index is 13.2. The number of esters is 1. The fourth-order valence-corrected chi connectivity index (χ4v) is 3.90. The molecule has 0 N–H and O–H groups in total. The number of rotatable bonds is 8. The molecule has 30 heavy (non-hydrogen) atoms. The highest BCUT2D eigenvalue weighted by Crippen LogP contribution is 2.33. The third-order valence-electron chi connectivity index (χ3n) is 5.48. The highest BCUT2D eigenvalue weighted by atomic mass is 16.5.